The van der Waals surface area contributed by atoms with Crippen LogP contribution in [0, 0.1) is 5.82 Å². The molecule has 0 aliphatic heterocycles. The minimum atomic E-state index is -0.439. The molecule has 0 N–H and O–H groups in total. The number of benzene rings is 1. The predicted molar refractivity (Wildman–Crippen MR) is 71.5 cm³/mol. The third-order valence-electron chi connectivity index (χ3n) is 2.20. The fourth-order valence-corrected chi connectivity index (χ4v) is 3.17. The minimum Gasteiger partial charge on any atom is -0.294 e. The van der Waals surface area contributed by atoms with Crippen LogP contribution in [0.15, 0.2) is 34.1 Å². The Bertz CT molecular complexity index is 567. The molecule has 0 saturated heterocycles. The molecule has 1 heterocycles. The summed E-state index contributed by atoms with van der Waals surface area (Å²) in [7, 11) is 0. The lowest BCUT2D eigenvalue weighted by molar-refractivity contribution is 0.0994. The Balaban J connectivity index is 2.20. The molecule has 2 rings (SSSR count). The van der Waals surface area contributed by atoms with E-state index in [9.17, 15) is 9.18 Å². The molecule has 2 aromatic rings. The highest BCUT2D eigenvalue weighted by Gasteiger charge is 2.12. The zero-order chi connectivity index (χ0) is 12.4. The molecule has 1 aromatic heterocycles. The van der Waals surface area contributed by atoms with Gasteiger partial charge < -0.3 is 0 Å². The van der Waals surface area contributed by atoms with Gasteiger partial charge in [0.1, 0.15) is 5.82 Å². The van der Waals surface area contributed by atoms with Crippen LogP contribution in [-0.2, 0) is 6.42 Å². The number of hydrogen-bond donors (Lipinski definition) is 0. The molecule has 0 aliphatic carbocycles. The fraction of sp³-hybridized carbons (Fsp3) is 0.0833. The first kappa shape index (κ1) is 12.7. The minimum absolute atomic E-state index is 0.107. The van der Waals surface area contributed by atoms with Gasteiger partial charge in [0.25, 0.3) is 0 Å². The van der Waals surface area contributed by atoms with Crippen molar-refractivity contribution in [3.05, 3.63) is 55.4 Å². The average Bonchev–Trinajstić information content (AvgIpc) is 2.63. The van der Waals surface area contributed by atoms with E-state index < -0.39 is 5.82 Å². The van der Waals surface area contributed by atoms with E-state index in [0.29, 0.717) is 5.56 Å². The molecule has 88 valence electrons. The normalized spacial score (nSPS) is 10.5. The zero-order valence-corrected chi connectivity index (χ0v) is 11.7. The molecule has 0 bridgehead atoms. The summed E-state index contributed by atoms with van der Waals surface area (Å²) in [5, 5.41) is 0.158. The van der Waals surface area contributed by atoms with Gasteiger partial charge in [-0.15, -0.1) is 11.3 Å². The summed E-state index contributed by atoms with van der Waals surface area (Å²) in [5.74, 6) is -0.547. The first-order chi connectivity index (χ1) is 8.06. The molecule has 0 spiro atoms. The zero-order valence-electron chi connectivity index (χ0n) is 8.54. The van der Waals surface area contributed by atoms with E-state index in [1.54, 1.807) is 0 Å². The van der Waals surface area contributed by atoms with E-state index in [1.165, 1.54) is 23.5 Å². The molecule has 0 atom stereocenters. The molecular weight excluding hydrogens is 327 g/mol. The van der Waals surface area contributed by atoms with Crippen molar-refractivity contribution in [2.24, 2.45) is 0 Å². The average molecular weight is 334 g/mol. The second kappa shape index (κ2) is 5.29. The summed E-state index contributed by atoms with van der Waals surface area (Å²) >= 11 is 10.7. The van der Waals surface area contributed by atoms with Gasteiger partial charge in [-0.3, -0.25) is 4.79 Å². The summed E-state index contributed by atoms with van der Waals surface area (Å²) in [5.41, 5.74) is 0.359. The van der Waals surface area contributed by atoms with Crippen LogP contribution in [-0.4, -0.2) is 5.78 Å². The Morgan fingerprint density at radius 2 is 2.12 bits per heavy atom. The Labute approximate surface area is 115 Å². The molecule has 1 aromatic carbocycles. The van der Waals surface area contributed by atoms with Crippen LogP contribution in [0.3, 0.4) is 0 Å². The summed E-state index contributed by atoms with van der Waals surface area (Å²) < 4.78 is 13.8. The lowest BCUT2D eigenvalue weighted by atomic mass is 10.1. The smallest absolute Gasteiger partial charge is 0.169 e. The SMILES string of the molecule is O=C(Cc1ccc(Br)s1)c1ccc(F)cc1Cl. The molecule has 0 unspecified atom stereocenters. The van der Waals surface area contributed by atoms with Crippen LogP contribution in [0.25, 0.3) is 0 Å². The van der Waals surface area contributed by atoms with Crippen molar-refractivity contribution in [1.82, 2.24) is 0 Å². The van der Waals surface area contributed by atoms with Crippen LogP contribution in [0.5, 0.6) is 0 Å². The molecule has 0 radical (unpaired) electrons. The number of ketones is 1. The van der Waals surface area contributed by atoms with Crippen molar-refractivity contribution in [1.29, 1.82) is 0 Å². The van der Waals surface area contributed by atoms with Gasteiger partial charge >= 0.3 is 0 Å². The number of thiophene rings is 1. The van der Waals surface area contributed by atoms with Gasteiger partial charge in [-0.25, -0.2) is 4.39 Å². The number of carbonyl (C=O) groups excluding carboxylic acids is 1. The number of hydrogen-bond acceptors (Lipinski definition) is 2. The summed E-state index contributed by atoms with van der Waals surface area (Å²) in [6.45, 7) is 0. The van der Waals surface area contributed by atoms with Crippen molar-refractivity contribution in [3.63, 3.8) is 0 Å². The first-order valence-corrected chi connectivity index (χ1v) is 6.77. The predicted octanol–water partition coefficient (Wildman–Crippen LogP) is 4.73. The molecule has 0 amide bonds. The van der Waals surface area contributed by atoms with Crippen molar-refractivity contribution < 1.29 is 9.18 Å². The molecule has 5 heteroatoms. The fourth-order valence-electron chi connectivity index (χ4n) is 1.42. The number of halogens is 3. The van der Waals surface area contributed by atoms with Crippen LogP contribution in [0.4, 0.5) is 4.39 Å². The third kappa shape index (κ3) is 3.15. The standard InChI is InChI=1S/C12H7BrClFOS/c13-12-4-2-8(17-12)6-11(16)9-3-1-7(15)5-10(9)14/h1-5H,6H2. The van der Waals surface area contributed by atoms with Crippen LogP contribution >= 0.6 is 38.9 Å². The van der Waals surface area contributed by atoms with E-state index in [2.05, 4.69) is 15.9 Å². The molecule has 1 nitrogen and oxygen atoms in total. The van der Waals surface area contributed by atoms with Crippen molar-refractivity contribution in [3.8, 4) is 0 Å². The van der Waals surface area contributed by atoms with Crippen molar-refractivity contribution >= 4 is 44.7 Å². The topological polar surface area (TPSA) is 17.1 Å². The maximum atomic E-state index is 12.8. The maximum Gasteiger partial charge on any atom is 0.169 e. The van der Waals surface area contributed by atoms with Crippen LogP contribution < -0.4 is 0 Å². The van der Waals surface area contributed by atoms with Gasteiger partial charge in [0.2, 0.25) is 0 Å². The number of rotatable bonds is 3. The molecule has 0 saturated carbocycles. The van der Waals surface area contributed by atoms with E-state index in [4.69, 9.17) is 11.6 Å². The highest BCUT2D eigenvalue weighted by molar-refractivity contribution is 9.11. The van der Waals surface area contributed by atoms with Crippen LogP contribution in [0.1, 0.15) is 15.2 Å². The third-order valence-corrected chi connectivity index (χ3v) is 4.13. The van der Waals surface area contributed by atoms with Gasteiger partial charge in [-0.05, 0) is 46.3 Å². The molecule has 0 fully saturated rings. The largest absolute Gasteiger partial charge is 0.294 e. The second-order valence-corrected chi connectivity index (χ2v) is 6.38. The highest BCUT2D eigenvalue weighted by Crippen LogP contribution is 2.25. The van der Waals surface area contributed by atoms with E-state index in [0.717, 1.165) is 14.7 Å². The van der Waals surface area contributed by atoms with Crippen molar-refractivity contribution in [2.75, 3.05) is 0 Å². The summed E-state index contributed by atoms with van der Waals surface area (Å²) in [4.78, 5) is 12.9. The van der Waals surface area contributed by atoms with Gasteiger partial charge in [0.05, 0.1) is 8.81 Å². The van der Waals surface area contributed by atoms with Crippen LogP contribution in [0.2, 0.25) is 5.02 Å². The Kier molecular flexibility index (Phi) is 3.97. The number of carbonyl (C=O) groups is 1. The Morgan fingerprint density at radius 3 is 2.71 bits per heavy atom. The maximum absolute atomic E-state index is 12.8. The molecular formula is C12H7BrClFOS. The first-order valence-electron chi connectivity index (χ1n) is 4.79. The Morgan fingerprint density at radius 1 is 1.35 bits per heavy atom. The van der Waals surface area contributed by atoms with E-state index in [1.807, 2.05) is 12.1 Å². The lowest BCUT2D eigenvalue weighted by Gasteiger charge is -2.02. The quantitative estimate of drug-likeness (QED) is 0.742. The summed E-state index contributed by atoms with van der Waals surface area (Å²) in [6.07, 6.45) is 0.279. The number of Topliss-reactive ketones (excluding diaryl/α,β-unsaturated/α-hetero) is 1. The van der Waals surface area contributed by atoms with E-state index >= 15 is 0 Å². The molecule has 0 aliphatic rings. The highest BCUT2D eigenvalue weighted by atomic mass is 79.9. The molecule has 17 heavy (non-hydrogen) atoms. The van der Waals surface area contributed by atoms with Gasteiger partial charge in [0, 0.05) is 16.9 Å². The van der Waals surface area contributed by atoms with Gasteiger partial charge in [-0.1, -0.05) is 11.6 Å². The Hall–Kier alpha value is -0.710. The summed E-state index contributed by atoms with van der Waals surface area (Å²) in [6, 6.07) is 7.58. The second-order valence-electron chi connectivity index (χ2n) is 3.43. The monoisotopic (exact) mass is 332 g/mol. The van der Waals surface area contributed by atoms with Gasteiger partial charge in [0.15, 0.2) is 5.78 Å². The lowest BCUT2D eigenvalue weighted by Crippen LogP contribution is -2.03. The van der Waals surface area contributed by atoms with Gasteiger partial charge in [-0.2, -0.15) is 0 Å². The van der Waals surface area contributed by atoms with E-state index in [-0.39, 0.29) is 17.2 Å². The van der Waals surface area contributed by atoms with Crippen molar-refractivity contribution in [2.45, 2.75) is 6.42 Å².